The highest BCUT2D eigenvalue weighted by atomic mass is 127. The lowest BCUT2D eigenvalue weighted by Gasteiger charge is -2.27. The molecule has 0 aliphatic heterocycles. The van der Waals surface area contributed by atoms with Gasteiger partial charge in [0.1, 0.15) is 0 Å². The predicted octanol–water partition coefficient (Wildman–Crippen LogP) is 3.34. The fraction of sp³-hybridized carbons (Fsp3) is 0.455. The topological polar surface area (TPSA) is 26.0 Å². The maximum atomic E-state index is 6.14. The van der Waals surface area contributed by atoms with Crippen LogP contribution in [0.1, 0.15) is 32.4 Å². The van der Waals surface area contributed by atoms with Crippen molar-refractivity contribution in [2.24, 2.45) is 11.1 Å². The van der Waals surface area contributed by atoms with Gasteiger partial charge in [-0.3, -0.25) is 0 Å². The standard InChI is InChI=1S/C11H16IN/c1-11(2,3)10(13)8-5-4-6-9(12)7-8/h4-7,10H,13H2,1-3H3. The molecule has 1 nitrogen and oxygen atoms in total. The molecule has 0 aliphatic carbocycles. The molecule has 1 aromatic rings. The SMILES string of the molecule is CC(C)(C)C(N)c1cccc(I)c1. The molecule has 1 atom stereocenters. The average molecular weight is 289 g/mol. The van der Waals surface area contributed by atoms with Crippen molar-refractivity contribution in [1.82, 2.24) is 0 Å². The van der Waals surface area contributed by atoms with E-state index in [4.69, 9.17) is 5.73 Å². The third-order valence-corrected chi connectivity index (χ3v) is 2.81. The number of rotatable bonds is 1. The number of benzene rings is 1. The Labute approximate surface area is 93.9 Å². The first-order valence-corrected chi connectivity index (χ1v) is 5.50. The minimum atomic E-state index is 0.113. The smallest absolute Gasteiger partial charge is 0.0344 e. The van der Waals surface area contributed by atoms with Gasteiger partial charge in [0.15, 0.2) is 0 Å². The molecule has 0 fully saturated rings. The van der Waals surface area contributed by atoms with E-state index < -0.39 is 0 Å². The van der Waals surface area contributed by atoms with Crippen LogP contribution in [0.5, 0.6) is 0 Å². The monoisotopic (exact) mass is 289 g/mol. The molecule has 1 rings (SSSR count). The second-order valence-electron chi connectivity index (χ2n) is 4.40. The molecule has 0 saturated heterocycles. The minimum Gasteiger partial charge on any atom is -0.324 e. The average Bonchev–Trinajstić information content (AvgIpc) is 2.01. The van der Waals surface area contributed by atoms with Crippen LogP contribution in [0.2, 0.25) is 0 Å². The van der Waals surface area contributed by atoms with E-state index in [1.54, 1.807) is 0 Å². The molecule has 0 aliphatic rings. The highest BCUT2D eigenvalue weighted by molar-refractivity contribution is 14.1. The third kappa shape index (κ3) is 2.95. The summed E-state index contributed by atoms with van der Waals surface area (Å²) in [5.41, 5.74) is 7.49. The Kier molecular flexibility index (Phi) is 3.35. The molecular weight excluding hydrogens is 273 g/mol. The van der Waals surface area contributed by atoms with Crippen LogP contribution >= 0.6 is 22.6 Å². The Balaban J connectivity index is 2.96. The number of hydrogen-bond donors (Lipinski definition) is 1. The van der Waals surface area contributed by atoms with Gasteiger partial charge in [-0.15, -0.1) is 0 Å². The maximum Gasteiger partial charge on any atom is 0.0344 e. The van der Waals surface area contributed by atoms with Crippen LogP contribution < -0.4 is 5.73 Å². The van der Waals surface area contributed by atoms with E-state index in [0.29, 0.717) is 0 Å². The minimum absolute atomic E-state index is 0.113. The molecule has 2 heteroatoms. The van der Waals surface area contributed by atoms with Crippen molar-refractivity contribution in [1.29, 1.82) is 0 Å². The fourth-order valence-electron chi connectivity index (χ4n) is 1.20. The zero-order valence-corrected chi connectivity index (χ0v) is 10.5. The van der Waals surface area contributed by atoms with E-state index >= 15 is 0 Å². The van der Waals surface area contributed by atoms with E-state index in [9.17, 15) is 0 Å². The van der Waals surface area contributed by atoms with E-state index in [0.717, 1.165) is 0 Å². The Bertz CT molecular complexity index is 288. The van der Waals surface area contributed by atoms with Gasteiger partial charge in [-0.1, -0.05) is 32.9 Å². The summed E-state index contributed by atoms with van der Waals surface area (Å²) in [5, 5.41) is 0. The lowest BCUT2D eigenvalue weighted by Crippen LogP contribution is -2.26. The quantitative estimate of drug-likeness (QED) is 0.788. The Morgan fingerprint density at radius 3 is 2.38 bits per heavy atom. The lowest BCUT2D eigenvalue weighted by molar-refractivity contribution is 0.327. The van der Waals surface area contributed by atoms with Crippen LogP contribution in [0.15, 0.2) is 24.3 Å². The van der Waals surface area contributed by atoms with E-state index in [1.807, 2.05) is 0 Å². The summed E-state index contributed by atoms with van der Waals surface area (Å²) in [6.07, 6.45) is 0. The molecule has 13 heavy (non-hydrogen) atoms. The van der Waals surface area contributed by atoms with Gasteiger partial charge in [0.25, 0.3) is 0 Å². The molecule has 0 radical (unpaired) electrons. The third-order valence-electron chi connectivity index (χ3n) is 2.14. The first-order valence-electron chi connectivity index (χ1n) is 4.42. The molecule has 0 aromatic heterocycles. The Morgan fingerprint density at radius 2 is 1.92 bits per heavy atom. The molecule has 0 bridgehead atoms. The van der Waals surface area contributed by atoms with Gasteiger partial charge >= 0.3 is 0 Å². The van der Waals surface area contributed by atoms with Crippen molar-refractivity contribution in [3.05, 3.63) is 33.4 Å². The highest BCUT2D eigenvalue weighted by Crippen LogP contribution is 2.30. The Morgan fingerprint density at radius 1 is 1.31 bits per heavy atom. The molecule has 0 heterocycles. The molecule has 2 N–H and O–H groups in total. The molecule has 0 saturated carbocycles. The van der Waals surface area contributed by atoms with E-state index in [2.05, 4.69) is 67.6 Å². The summed E-state index contributed by atoms with van der Waals surface area (Å²) < 4.78 is 1.25. The van der Waals surface area contributed by atoms with Gasteiger partial charge in [-0.05, 0) is 45.7 Å². The van der Waals surface area contributed by atoms with Gasteiger partial charge in [0.2, 0.25) is 0 Å². The second kappa shape index (κ2) is 3.96. The van der Waals surface area contributed by atoms with Gasteiger partial charge in [-0.25, -0.2) is 0 Å². The summed E-state index contributed by atoms with van der Waals surface area (Å²) in [7, 11) is 0. The molecule has 1 aromatic carbocycles. The fourth-order valence-corrected chi connectivity index (χ4v) is 1.77. The summed E-state index contributed by atoms with van der Waals surface area (Å²) in [4.78, 5) is 0. The van der Waals surface area contributed by atoms with Crippen molar-refractivity contribution >= 4 is 22.6 Å². The van der Waals surface area contributed by atoms with Crippen LogP contribution in [0, 0.1) is 8.99 Å². The van der Waals surface area contributed by atoms with Gasteiger partial charge in [0, 0.05) is 9.61 Å². The van der Waals surface area contributed by atoms with Crippen molar-refractivity contribution in [2.45, 2.75) is 26.8 Å². The van der Waals surface area contributed by atoms with Crippen LogP contribution in [0.3, 0.4) is 0 Å². The Hall–Kier alpha value is -0.0900. The largest absolute Gasteiger partial charge is 0.324 e. The van der Waals surface area contributed by atoms with Crippen LogP contribution in [0.25, 0.3) is 0 Å². The molecule has 72 valence electrons. The molecule has 1 unspecified atom stereocenters. The number of halogens is 1. The van der Waals surface area contributed by atoms with Gasteiger partial charge < -0.3 is 5.73 Å². The summed E-state index contributed by atoms with van der Waals surface area (Å²) in [5.74, 6) is 0. The van der Waals surface area contributed by atoms with Crippen molar-refractivity contribution < 1.29 is 0 Å². The van der Waals surface area contributed by atoms with Crippen LogP contribution in [-0.4, -0.2) is 0 Å². The zero-order chi connectivity index (χ0) is 10.1. The van der Waals surface area contributed by atoms with Crippen LogP contribution in [-0.2, 0) is 0 Å². The second-order valence-corrected chi connectivity index (χ2v) is 5.64. The lowest BCUT2D eigenvalue weighted by atomic mass is 9.83. The van der Waals surface area contributed by atoms with Gasteiger partial charge in [0.05, 0.1) is 0 Å². The normalized spacial score (nSPS) is 14.2. The molecule has 0 spiro atoms. The van der Waals surface area contributed by atoms with Crippen molar-refractivity contribution in [3.8, 4) is 0 Å². The van der Waals surface area contributed by atoms with Crippen molar-refractivity contribution in [3.63, 3.8) is 0 Å². The summed E-state index contributed by atoms with van der Waals surface area (Å²) in [6.45, 7) is 6.49. The maximum absolute atomic E-state index is 6.14. The number of hydrogen-bond acceptors (Lipinski definition) is 1. The number of nitrogens with two attached hydrogens (primary N) is 1. The molecule has 0 amide bonds. The van der Waals surface area contributed by atoms with E-state index in [1.165, 1.54) is 9.13 Å². The predicted molar refractivity (Wildman–Crippen MR) is 65.5 cm³/mol. The van der Waals surface area contributed by atoms with Crippen LogP contribution in [0.4, 0.5) is 0 Å². The summed E-state index contributed by atoms with van der Waals surface area (Å²) >= 11 is 2.31. The highest BCUT2D eigenvalue weighted by Gasteiger charge is 2.21. The van der Waals surface area contributed by atoms with E-state index in [-0.39, 0.29) is 11.5 Å². The van der Waals surface area contributed by atoms with Crippen molar-refractivity contribution in [2.75, 3.05) is 0 Å². The first kappa shape index (κ1) is 11.0. The first-order chi connectivity index (χ1) is 5.91. The van der Waals surface area contributed by atoms with Gasteiger partial charge in [-0.2, -0.15) is 0 Å². The zero-order valence-electron chi connectivity index (χ0n) is 8.34. The summed E-state index contributed by atoms with van der Waals surface area (Å²) in [6, 6.07) is 8.50. The molecular formula is C11H16IN.